The number of methoxy groups -OCH3 is 1. The maximum absolute atomic E-state index is 12.4. The second kappa shape index (κ2) is 7.52. The molecule has 21 heavy (non-hydrogen) atoms. The van der Waals surface area contributed by atoms with E-state index in [4.69, 9.17) is 4.74 Å². The van der Waals surface area contributed by atoms with Crippen molar-refractivity contribution in [3.63, 3.8) is 0 Å². The zero-order valence-electron chi connectivity index (χ0n) is 13.0. The molecule has 2 N–H and O–H groups in total. The Bertz CT molecular complexity index is 568. The summed E-state index contributed by atoms with van der Waals surface area (Å²) in [5, 5.41) is 3.27. The van der Waals surface area contributed by atoms with E-state index < -0.39 is 15.6 Å². The van der Waals surface area contributed by atoms with Gasteiger partial charge in [0.05, 0.1) is 9.39 Å². The molecule has 1 heterocycles. The fourth-order valence-corrected chi connectivity index (χ4v) is 5.22. The van der Waals surface area contributed by atoms with Crippen molar-refractivity contribution in [3.05, 3.63) is 14.7 Å². The van der Waals surface area contributed by atoms with Gasteiger partial charge in [-0.25, -0.2) is 13.1 Å². The lowest BCUT2D eigenvalue weighted by molar-refractivity contribution is 0.0276. The van der Waals surface area contributed by atoms with Crippen LogP contribution >= 0.6 is 27.3 Å². The minimum Gasteiger partial charge on any atom is -0.377 e. The van der Waals surface area contributed by atoms with E-state index in [1.54, 1.807) is 13.2 Å². The van der Waals surface area contributed by atoms with Gasteiger partial charge in [-0.1, -0.05) is 13.8 Å². The van der Waals surface area contributed by atoms with E-state index in [9.17, 15) is 8.42 Å². The van der Waals surface area contributed by atoms with Crippen molar-refractivity contribution in [2.45, 2.75) is 50.8 Å². The zero-order chi connectivity index (χ0) is 16.3. The van der Waals surface area contributed by atoms with E-state index >= 15 is 0 Å². The smallest absolute Gasteiger partial charge is 0.242 e. The van der Waals surface area contributed by atoms with Gasteiger partial charge >= 0.3 is 0 Å². The van der Waals surface area contributed by atoms with Crippen LogP contribution in [0.5, 0.6) is 0 Å². The Kier molecular flexibility index (Phi) is 6.82. The highest BCUT2D eigenvalue weighted by atomic mass is 79.9. The van der Waals surface area contributed by atoms with Crippen LogP contribution in [-0.2, 0) is 21.3 Å². The van der Waals surface area contributed by atoms with Crippen molar-refractivity contribution in [3.8, 4) is 0 Å². The molecule has 1 rings (SSSR count). The second-order valence-electron chi connectivity index (χ2n) is 5.67. The summed E-state index contributed by atoms with van der Waals surface area (Å²) in [5.74, 6) is 0. The van der Waals surface area contributed by atoms with Gasteiger partial charge in [-0.15, -0.1) is 11.3 Å². The van der Waals surface area contributed by atoms with Crippen molar-refractivity contribution in [1.29, 1.82) is 0 Å². The number of ether oxygens (including phenoxy) is 1. The van der Waals surface area contributed by atoms with Gasteiger partial charge in [-0.05, 0) is 35.8 Å². The lowest BCUT2D eigenvalue weighted by Crippen LogP contribution is -2.39. The first-order chi connectivity index (χ1) is 9.57. The normalized spacial score (nSPS) is 13.1. The van der Waals surface area contributed by atoms with Gasteiger partial charge < -0.3 is 10.1 Å². The summed E-state index contributed by atoms with van der Waals surface area (Å²) in [6.45, 7) is 8.63. The first kappa shape index (κ1) is 19.1. The maximum atomic E-state index is 12.4. The first-order valence-electron chi connectivity index (χ1n) is 6.64. The Hall–Kier alpha value is 0.01000. The number of rotatable bonds is 8. The SMILES string of the molecule is COC(C)(C)CNS(=O)(=O)c1cc(CNC(C)C)sc1Br. The molecule has 0 saturated heterocycles. The Morgan fingerprint density at radius 2 is 2.05 bits per heavy atom. The molecule has 0 amide bonds. The maximum Gasteiger partial charge on any atom is 0.242 e. The summed E-state index contributed by atoms with van der Waals surface area (Å²) in [5.41, 5.74) is -0.544. The van der Waals surface area contributed by atoms with E-state index in [0.29, 0.717) is 16.4 Å². The van der Waals surface area contributed by atoms with E-state index in [2.05, 4.69) is 39.8 Å². The Morgan fingerprint density at radius 3 is 2.57 bits per heavy atom. The van der Waals surface area contributed by atoms with Crippen molar-refractivity contribution >= 4 is 37.3 Å². The lowest BCUT2D eigenvalue weighted by Gasteiger charge is -2.22. The molecule has 0 bridgehead atoms. The molecule has 0 fully saturated rings. The average molecular weight is 399 g/mol. The van der Waals surface area contributed by atoms with Crippen LogP contribution in [0.2, 0.25) is 0 Å². The molecule has 1 aromatic heterocycles. The molecule has 5 nitrogen and oxygen atoms in total. The fourth-order valence-electron chi connectivity index (χ4n) is 1.39. The predicted octanol–water partition coefficient (Wildman–Crippen LogP) is 2.71. The van der Waals surface area contributed by atoms with E-state index in [-0.39, 0.29) is 11.4 Å². The molecule has 1 aromatic rings. The van der Waals surface area contributed by atoms with Crippen LogP contribution in [0.4, 0.5) is 0 Å². The Balaban J connectivity index is 2.84. The standard InChI is InChI=1S/C13H23BrN2O3S2/c1-9(2)15-7-10-6-11(12(14)20-10)21(17,18)16-8-13(3,4)19-5/h6,9,15-16H,7-8H2,1-5H3. The summed E-state index contributed by atoms with van der Waals surface area (Å²) in [6, 6.07) is 2.05. The molecule has 0 aliphatic heterocycles. The molecule has 0 saturated carbocycles. The number of hydrogen-bond donors (Lipinski definition) is 2. The van der Waals surface area contributed by atoms with Gasteiger partial charge in [-0.2, -0.15) is 0 Å². The van der Waals surface area contributed by atoms with Gasteiger partial charge in [0.25, 0.3) is 0 Å². The van der Waals surface area contributed by atoms with E-state index in [1.165, 1.54) is 11.3 Å². The van der Waals surface area contributed by atoms with Crippen LogP contribution in [0.15, 0.2) is 14.7 Å². The molecule has 0 atom stereocenters. The lowest BCUT2D eigenvalue weighted by atomic mass is 10.1. The number of halogens is 1. The summed E-state index contributed by atoms with van der Waals surface area (Å²) < 4.78 is 33.1. The van der Waals surface area contributed by atoms with Crippen LogP contribution in [0.25, 0.3) is 0 Å². The highest BCUT2D eigenvalue weighted by molar-refractivity contribution is 9.11. The van der Waals surface area contributed by atoms with Crippen molar-refractivity contribution < 1.29 is 13.2 Å². The van der Waals surface area contributed by atoms with Gasteiger partial charge in [-0.3, -0.25) is 0 Å². The van der Waals surface area contributed by atoms with Crippen molar-refractivity contribution in [1.82, 2.24) is 10.0 Å². The summed E-state index contributed by atoms with van der Waals surface area (Å²) in [4.78, 5) is 1.25. The quantitative estimate of drug-likeness (QED) is 0.706. The third-order valence-electron chi connectivity index (χ3n) is 2.92. The molecule has 0 radical (unpaired) electrons. The predicted molar refractivity (Wildman–Crippen MR) is 90.3 cm³/mol. The van der Waals surface area contributed by atoms with Crippen LogP contribution in [0.1, 0.15) is 32.6 Å². The summed E-state index contributed by atoms with van der Waals surface area (Å²) >= 11 is 4.76. The highest BCUT2D eigenvalue weighted by Gasteiger charge is 2.25. The largest absolute Gasteiger partial charge is 0.377 e. The molecule has 0 aliphatic rings. The molecular formula is C13H23BrN2O3S2. The fraction of sp³-hybridized carbons (Fsp3) is 0.692. The van der Waals surface area contributed by atoms with Crippen LogP contribution in [-0.4, -0.2) is 33.7 Å². The van der Waals surface area contributed by atoms with Crippen molar-refractivity contribution in [2.75, 3.05) is 13.7 Å². The van der Waals surface area contributed by atoms with Gasteiger partial charge in [0.2, 0.25) is 10.0 Å². The molecule has 0 aliphatic carbocycles. The molecular weight excluding hydrogens is 376 g/mol. The third-order valence-corrected chi connectivity index (χ3v) is 6.57. The topological polar surface area (TPSA) is 67.4 Å². The number of thiophene rings is 1. The number of nitrogens with one attached hydrogen (secondary N) is 2. The van der Waals surface area contributed by atoms with E-state index in [0.717, 1.165) is 4.88 Å². The van der Waals surface area contributed by atoms with Crippen LogP contribution in [0.3, 0.4) is 0 Å². The molecule has 0 spiro atoms. The molecule has 0 unspecified atom stereocenters. The summed E-state index contributed by atoms with van der Waals surface area (Å²) in [7, 11) is -1.99. The molecule has 0 aromatic carbocycles. The summed E-state index contributed by atoms with van der Waals surface area (Å²) in [6.07, 6.45) is 0. The van der Waals surface area contributed by atoms with Gasteiger partial charge in [0.1, 0.15) is 4.90 Å². The minimum absolute atomic E-state index is 0.216. The van der Waals surface area contributed by atoms with Crippen molar-refractivity contribution in [2.24, 2.45) is 0 Å². The second-order valence-corrected chi connectivity index (χ2v) is 9.86. The minimum atomic E-state index is -3.55. The Labute approximate surface area is 139 Å². The van der Waals surface area contributed by atoms with Crippen LogP contribution < -0.4 is 10.0 Å². The first-order valence-corrected chi connectivity index (χ1v) is 9.73. The Morgan fingerprint density at radius 1 is 1.43 bits per heavy atom. The number of hydrogen-bond acceptors (Lipinski definition) is 5. The van der Waals surface area contributed by atoms with Crippen LogP contribution in [0, 0.1) is 0 Å². The van der Waals surface area contributed by atoms with E-state index in [1.807, 2.05) is 13.8 Å². The zero-order valence-corrected chi connectivity index (χ0v) is 16.2. The molecule has 122 valence electrons. The highest BCUT2D eigenvalue weighted by Crippen LogP contribution is 2.31. The average Bonchev–Trinajstić information content (AvgIpc) is 2.76. The molecule has 8 heteroatoms. The van der Waals surface area contributed by atoms with Gasteiger partial charge in [0.15, 0.2) is 0 Å². The third kappa shape index (κ3) is 5.96. The monoisotopic (exact) mass is 398 g/mol. The number of sulfonamides is 1. The van der Waals surface area contributed by atoms with Gasteiger partial charge in [0, 0.05) is 31.1 Å².